The van der Waals surface area contributed by atoms with E-state index < -0.39 is 5.91 Å². The average molecular weight is 575 g/mol. The molecule has 4 aromatic carbocycles. The van der Waals surface area contributed by atoms with Crippen LogP contribution in [-0.4, -0.2) is 17.6 Å². The molecule has 5 rings (SSSR count). The molecule has 0 bridgehead atoms. The summed E-state index contributed by atoms with van der Waals surface area (Å²) in [5, 5.41) is 6.28. The van der Waals surface area contributed by atoms with Crippen LogP contribution in [-0.2, 0) is 16.0 Å². The number of ketones is 1. The summed E-state index contributed by atoms with van der Waals surface area (Å²) in [5.74, 6) is 0.210. The van der Waals surface area contributed by atoms with Gasteiger partial charge in [-0.1, -0.05) is 71.8 Å². The van der Waals surface area contributed by atoms with Crippen LogP contribution in [0.5, 0.6) is 0 Å². The zero-order chi connectivity index (χ0) is 29.5. The molecule has 0 saturated carbocycles. The lowest BCUT2D eigenvalue weighted by Crippen LogP contribution is -2.18. The van der Waals surface area contributed by atoms with E-state index >= 15 is 0 Å². The van der Waals surface area contributed by atoms with Gasteiger partial charge in [0.2, 0.25) is 11.8 Å². The van der Waals surface area contributed by atoms with Crippen molar-refractivity contribution in [2.24, 2.45) is 0 Å². The molecular weight excluding hydrogens is 548 g/mol. The number of halogens is 1. The summed E-state index contributed by atoms with van der Waals surface area (Å²) < 4.78 is 5.82. The van der Waals surface area contributed by atoms with Gasteiger partial charge < -0.3 is 15.1 Å². The van der Waals surface area contributed by atoms with Crippen molar-refractivity contribution >= 4 is 46.6 Å². The SMILES string of the molecule is Cc1ccc(CC(=O)Nc2ccc(NC(=O)C=Cc3ccc(-c4ccc(Cl)cc4)o3)cc2C(=O)c2ccccc2)cc1. The molecule has 0 aliphatic carbocycles. The molecule has 6 nitrogen and oxygen atoms in total. The second-order valence-corrected chi connectivity index (χ2v) is 10.1. The maximum Gasteiger partial charge on any atom is 0.248 e. The van der Waals surface area contributed by atoms with Crippen LogP contribution < -0.4 is 10.6 Å². The van der Waals surface area contributed by atoms with Crippen LogP contribution in [0.15, 0.2) is 120 Å². The molecule has 2 N–H and O–H groups in total. The van der Waals surface area contributed by atoms with Crippen LogP contribution in [0.4, 0.5) is 11.4 Å². The molecule has 208 valence electrons. The Kier molecular flexibility index (Phi) is 8.75. The van der Waals surface area contributed by atoms with E-state index in [1.165, 1.54) is 6.08 Å². The van der Waals surface area contributed by atoms with Gasteiger partial charge in [-0.2, -0.15) is 0 Å². The standard InChI is InChI=1S/C35H27ClN2O4/c1-23-7-9-24(10-8-23)21-34(40)38-31-18-15-28(22-30(31)35(41)26-5-3-2-4-6-26)37-33(39)20-17-29-16-19-32(42-29)25-11-13-27(36)14-12-25/h2-20,22H,21H2,1H3,(H,37,39)(H,38,40). The first-order chi connectivity index (χ1) is 20.3. The Morgan fingerprint density at radius 2 is 1.55 bits per heavy atom. The van der Waals surface area contributed by atoms with Gasteiger partial charge in [0.25, 0.3) is 0 Å². The minimum absolute atomic E-state index is 0.162. The molecule has 0 aliphatic heterocycles. The van der Waals surface area contributed by atoms with Crippen molar-refractivity contribution < 1.29 is 18.8 Å². The molecule has 0 fully saturated rings. The number of hydrogen-bond donors (Lipinski definition) is 2. The second-order valence-electron chi connectivity index (χ2n) is 9.70. The van der Waals surface area contributed by atoms with E-state index in [4.69, 9.17) is 16.0 Å². The normalized spacial score (nSPS) is 10.9. The number of carbonyl (C=O) groups is 3. The third kappa shape index (κ3) is 7.30. The lowest BCUT2D eigenvalue weighted by atomic mass is 10.0. The second kappa shape index (κ2) is 13.0. The van der Waals surface area contributed by atoms with E-state index in [2.05, 4.69) is 10.6 Å². The highest BCUT2D eigenvalue weighted by atomic mass is 35.5. The van der Waals surface area contributed by atoms with E-state index in [0.29, 0.717) is 33.5 Å². The number of hydrogen-bond acceptors (Lipinski definition) is 4. The first-order valence-electron chi connectivity index (χ1n) is 13.3. The number of aryl methyl sites for hydroxylation is 1. The Morgan fingerprint density at radius 1 is 0.810 bits per heavy atom. The van der Waals surface area contributed by atoms with Crippen molar-refractivity contribution in [1.82, 2.24) is 0 Å². The lowest BCUT2D eigenvalue weighted by Gasteiger charge is -2.13. The summed E-state index contributed by atoms with van der Waals surface area (Å²) in [6, 6.07) is 32.1. The molecule has 5 aromatic rings. The number of anilines is 2. The highest BCUT2D eigenvalue weighted by Crippen LogP contribution is 2.26. The first kappa shape index (κ1) is 28.3. The Hall–Kier alpha value is -5.20. The van der Waals surface area contributed by atoms with Crippen LogP contribution in [0, 0.1) is 6.92 Å². The van der Waals surface area contributed by atoms with Gasteiger partial charge in [-0.15, -0.1) is 0 Å². The van der Waals surface area contributed by atoms with Crippen LogP contribution in [0.25, 0.3) is 17.4 Å². The van der Waals surface area contributed by atoms with Crippen molar-refractivity contribution in [3.8, 4) is 11.3 Å². The lowest BCUT2D eigenvalue weighted by molar-refractivity contribution is -0.115. The maximum atomic E-state index is 13.4. The van der Waals surface area contributed by atoms with Gasteiger partial charge in [0.15, 0.2) is 5.78 Å². The van der Waals surface area contributed by atoms with Crippen LogP contribution in [0.1, 0.15) is 32.8 Å². The van der Waals surface area contributed by atoms with Gasteiger partial charge in [-0.05, 0) is 73.2 Å². The third-order valence-corrected chi connectivity index (χ3v) is 6.73. The van der Waals surface area contributed by atoms with E-state index in [1.807, 2.05) is 55.5 Å². The van der Waals surface area contributed by atoms with Gasteiger partial charge in [0.05, 0.1) is 12.1 Å². The predicted octanol–water partition coefficient (Wildman–Crippen LogP) is 7.97. The van der Waals surface area contributed by atoms with Crippen molar-refractivity contribution in [1.29, 1.82) is 0 Å². The fourth-order valence-electron chi connectivity index (χ4n) is 4.30. The minimum atomic E-state index is -0.409. The van der Waals surface area contributed by atoms with E-state index in [0.717, 1.165) is 16.7 Å². The van der Waals surface area contributed by atoms with Crippen molar-refractivity contribution in [3.63, 3.8) is 0 Å². The highest BCUT2D eigenvalue weighted by molar-refractivity contribution is 6.30. The fraction of sp³-hybridized carbons (Fsp3) is 0.0571. The number of benzene rings is 4. The minimum Gasteiger partial charge on any atom is -0.457 e. The monoisotopic (exact) mass is 574 g/mol. The van der Waals surface area contributed by atoms with Gasteiger partial charge >= 0.3 is 0 Å². The fourth-order valence-corrected chi connectivity index (χ4v) is 4.43. The van der Waals surface area contributed by atoms with Crippen LogP contribution >= 0.6 is 11.6 Å². The quantitative estimate of drug-likeness (QED) is 0.138. The first-order valence-corrected chi connectivity index (χ1v) is 13.7. The topological polar surface area (TPSA) is 88.4 Å². The zero-order valence-electron chi connectivity index (χ0n) is 22.8. The molecule has 0 atom stereocenters. The summed E-state index contributed by atoms with van der Waals surface area (Å²) in [5.41, 5.74) is 4.32. The highest BCUT2D eigenvalue weighted by Gasteiger charge is 2.17. The van der Waals surface area contributed by atoms with E-state index in [-0.39, 0.29) is 23.7 Å². The molecule has 42 heavy (non-hydrogen) atoms. The molecule has 1 heterocycles. The average Bonchev–Trinajstić information content (AvgIpc) is 3.48. The number of furan rings is 1. The van der Waals surface area contributed by atoms with Gasteiger partial charge in [-0.3, -0.25) is 14.4 Å². The Bertz CT molecular complexity index is 1760. The molecular formula is C35H27ClN2O4. The predicted molar refractivity (Wildman–Crippen MR) is 167 cm³/mol. The smallest absolute Gasteiger partial charge is 0.248 e. The van der Waals surface area contributed by atoms with Crippen LogP contribution in [0.3, 0.4) is 0 Å². The number of nitrogens with one attached hydrogen (secondary N) is 2. The molecule has 0 unspecified atom stereocenters. The van der Waals surface area contributed by atoms with Crippen molar-refractivity contribution in [2.75, 3.05) is 10.6 Å². The number of amides is 2. The summed E-state index contributed by atoms with van der Waals surface area (Å²) in [4.78, 5) is 39.0. The molecule has 0 radical (unpaired) electrons. The van der Waals surface area contributed by atoms with Crippen molar-refractivity contribution in [2.45, 2.75) is 13.3 Å². The zero-order valence-corrected chi connectivity index (χ0v) is 23.5. The summed E-state index contributed by atoms with van der Waals surface area (Å²) >= 11 is 5.96. The van der Waals surface area contributed by atoms with Gasteiger partial charge in [0, 0.05) is 33.5 Å². The number of rotatable bonds is 9. The van der Waals surface area contributed by atoms with E-state index in [1.54, 1.807) is 66.7 Å². The van der Waals surface area contributed by atoms with Gasteiger partial charge in [0.1, 0.15) is 11.5 Å². The van der Waals surface area contributed by atoms with Gasteiger partial charge in [-0.25, -0.2) is 0 Å². The summed E-state index contributed by atoms with van der Waals surface area (Å²) in [6.07, 6.45) is 3.07. The molecule has 0 aliphatic rings. The molecule has 0 saturated heterocycles. The molecule has 7 heteroatoms. The third-order valence-electron chi connectivity index (χ3n) is 6.48. The Balaban J connectivity index is 1.32. The Morgan fingerprint density at radius 3 is 2.29 bits per heavy atom. The van der Waals surface area contributed by atoms with Crippen LogP contribution in [0.2, 0.25) is 5.02 Å². The maximum absolute atomic E-state index is 13.4. The molecule has 1 aromatic heterocycles. The van der Waals surface area contributed by atoms with Crippen molar-refractivity contribution in [3.05, 3.63) is 148 Å². The molecule has 0 spiro atoms. The Labute approximate surface area is 248 Å². The molecule has 2 amide bonds. The summed E-state index contributed by atoms with van der Waals surface area (Å²) in [7, 11) is 0. The van der Waals surface area contributed by atoms with E-state index in [9.17, 15) is 14.4 Å². The summed E-state index contributed by atoms with van der Waals surface area (Å²) in [6.45, 7) is 1.98. The largest absolute Gasteiger partial charge is 0.457 e. The number of carbonyl (C=O) groups excluding carboxylic acids is 3.